The summed E-state index contributed by atoms with van der Waals surface area (Å²) in [5.74, 6) is 1.99. The van der Waals surface area contributed by atoms with Crippen LogP contribution < -0.4 is 4.74 Å². The van der Waals surface area contributed by atoms with Crippen LogP contribution in [0.3, 0.4) is 0 Å². The van der Waals surface area contributed by atoms with Crippen LogP contribution in [0.5, 0.6) is 11.5 Å². The summed E-state index contributed by atoms with van der Waals surface area (Å²) in [7, 11) is 0.104. The lowest BCUT2D eigenvalue weighted by Gasteiger charge is -2.39. The lowest BCUT2D eigenvalue weighted by Crippen LogP contribution is -2.42. The Labute approximate surface area is 202 Å². The number of carbonyl (C=O) groups excluding carboxylic acids is 1. The van der Waals surface area contributed by atoms with Gasteiger partial charge in [0, 0.05) is 23.7 Å². The lowest BCUT2D eigenvalue weighted by molar-refractivity contribution is 0.112. The smallest absolute Gasteiger partial charge is 0.193 e. The number of nitrogens with zero attached hydrogens (tertiary/aromatic N) is 2. The molecule has 0 saturated carbocycles. The molecule has 0 saturated heterocycles. The SMILES string of the molecule is CCC(O[Si](C)(C)C(C)(C)C)c1ncc(-c2ccc(Oc3cc(Cl)ccc3C=O)cc2)n1C. The summed E-state index contributed by atoms with van der Waals surface area (Å²) in [6.45, 7) is 13.4. The Balaban J connectivity index is 1.83. The molecule has 176 valence electrons. The molecule has 1 unspecified atom stereocenters. The van der Waals surface area contributed by atoms with E-state index in [0.717, 1.165) is 29.8 Å². The van der Waals surface area contributed by atoms with E-state index >= 15 is 0 Å². The molecule has 7 heteroatoms. The number of rotatable bonds is 8. The van der Waals surface area contributed by atoms with E-state index in [4.69, 9.17) is 25.7 Å². The van der Waals surface area contributed by atoms with Crippen molar-refractivity contribution in [2.24, 2.45) is 7.05 Å². The lowest BCUT2D eigenvalue weighted by atomic mass is 10.1. The Morgan fingerprint density at radius 3 is 2.39 bits per heavy atom. The molecule has 1 atom stereocenters. The second kappa shape index (κ2) is 9.83. The van der Waals surface area contributed by atoms with Crippen molar-refractivity contribution in [1.29, 1.82) is 0 Å². The predicted octanol–water partition coefficient (Wildman–Crippen LogP) is 7.82. The third-order valence-corrected chi connectivity index (χ3v) is 11.1. The van der Waals surface area contributed by atoms with Crippen LogP contribution in [-0.2, 0) is 11.5 Å². The van der Waals surface area contributed by atoms with E-state index in [1.165, 1.54) is 0 Å². The first kappa shape index (κ1) is 25.2. The first-order valence-corrected chi connectivity index (χ1v) is 14.5. The van der Waals surface area contributed by atoms with E-state index in [1.54, 1.807) is 18.2 Å². The highest BCUT2D eigenvalue weighted by Gasteiger charge is 2.40. The second-order valence-corrected chi connectivity index (χ2v) is 15.0. The van der Waals surface area contributed by atoms with Gasteiger partial charge in [0.15, 0.2) is 14.6 Å². The Hall–Kier alpha value is -2.41. The summed E-state index contributed by atoms with van der Waals surface area (Å²) in [4.78, 5) is 16.0. The molecule has 0 amide bonds. The quantitative estimate of drug-likeness (QED) is 0.241. The van der Waals surface area contributed by atoms with E-state index < -0.39 is 8.32 Å². The average molecular weight is 485 g/mol. The minimum Gasteiger partial charge on any atom is -0.457 e. The molecule has 0 fully saturated rings. The first-order chi connectivity index (χ1) is 15.5. The van der Waals surface area contributed by atoms with Crippen LogP contribution in [0.4, 0.5) is 0 Å². The summed E-state index contributed by atoms with van der Waals surface area (Å²) < 4.78 is 14.7. The molecule has 1 heterocycles. The van der Waals surface area contributed by atoms with Crippen molar-refractivity contribution in [2.75, 3.05) is 0 Å². The number of carbonyl (C=O) groups is 1. The maximum Gasteiger partial charge on any atom is 0.193 e. The molecule has 1 aromatic heterocycles. The fraction of sp³-hybridized carbons (Fsp3) is 0.385. The highest BCUT2D eigenvalue weighted by molar-refractivity contribution is 6.74. The van der Waals surface area contributed by atoms with Gasteiger partial charge < -0.3 is 13.7 Å². The zero-order valence-corrected chi connectivity index (χ0v) is 22.2. The van der Waals surface area contributed by atoms with Crippen molar-refractivity contribution >= 4 is 26.2 Å². The third kappa shape index (κ3) is 5.57. The van der Waals surface area contributed by atoms with Gasteiger partial charge >= 0.3 is 0 Å². The summed E-state index contributed by atoms with van der Waals surface area (Å²) in [6.07, 6.45) is 3.47. The van der Waals surface area contributed by atoms with E-state index in [9.17, 15) is 4.79 Å². The van der Waals surface area contributed by atoms with Gasteiger partial charge in [-0.05, 0) is 61.0 Å². The fourth-order valence-corrected chi connectivity index (χ4v) is 4.86. The van der Waals surface area contributed by atoms with Crippen molar-refractivity contribution < 1.29 is 14.0 Å². The average Bonchev–Trinajstić information content (AvgIpc) is 3.13. The second-order valence-electron chi connectivity index (χ2n) is 9.76. The predicted molar refractivity (Wildman–Crippen MR) is 137 cm³/mol. The van der Waals surface area contributed by atoms with E-state index in [-0.39, 0.29) is 11.1 Å². The summed E-state index contributed by atoms with van der Waals surface area (Å²) in [5.41, 5.74) is 2.48. The molecule has 5 nitrogen and oxygen atoms in total. The number of imidazole rings is 1. The van der Waals surface area contributed by atoms with Crippen LogP contribution in [0.25, 0.3) is 11.3 Å². The van der Waals surface area contributed by atoms with Crippen LogP contribution in [0.1, 0.15) is 56.4 Å². The van der Waals surface area contributed by atoms with Crippen LogP contribution >= 0.6 is 11.6 Å². The van der Waals surface area contributed by atoms with Crippen molar-refractivity contribution in [3.8, 4) is 22.8 Å². The number of ether oxygens (including phenoxy) is 1. The molecule has 3 rings (SSSR count). The largest absolute Gasteiger partial charge is 0.457 e. The number of aldehydes is 1. The van der Waals surface area contributed by atoms with Crippen molar-refractivity contribution in [1.82, 2.24) is 9.55 Å². The number of benzene rings is 2. The number of hydrogen-bond donors (Lipinski definition) is 0. The monoisotopic (exact) mass is 484 g/mol. The normalized spacial score (nSPS) is 13.1. The molecular formula is C26H33ClN2O3Si. The summed E-state index contributed by atoms with van der Waals surface area (Å²) in [6, 6.07) is 12.7. The van der Waals surface area contributed by atoms with E-state index in [1.807, 2.05) is 37.5 Å². The molecule has 0 N–H and O–H groups in total. The number of hydrogen-bond acceptors (Lipinski definition) is 4. The standard InChI is InChI=1S/C26H33ClN2O3Si/c1-8-23(32-33(6,7)26(2,3)4)25-28-16-22(29(25)5)18-10-13-21(14-11-18)31-24-15-20(27)12-9-19(24)17-30/h9-17,23H,8H2,1-7H3. The zero-order valence-electron chi connectivity index (χ0n) is 20.5. The van der Waals surface area contributed by atoms with Gasteiger partial charge in [0.1, 0.15) is 23.4 Å². The van der Waals surface area contributed by atoms with Crippen molar-refractivity contribution in [3.05, 3.63) is 65.1 Å². The number of halogens is 1. The van der Waals surface area contributed by atoms with Crippen molar-refractivity contribution in [2.45, 2.75) is 58.4 Å². The van der Waals surface area contributed by atoms with Gasteiger partial charge in [-0.2, -0.15) is 0 Å². The summed E-state index contributed by atoms with van der Waals surface area (Å²) in [5, 5.41) is 0.650. The molecule has 33 heavy (non-hydrogen) atoms. The molecule has 0 aliphatic carbocycles. The Morgan fingerprint density at radius 2 is 1.82 bits per heavy atom. The molecule has 2 aromatic carbocycles. The van der Waals surface area contributed by atoms with Crippen molar-refractivity contribution in [3.63, 3.8) is 0 Å². The molecule has 3 aromatic rings. The molecular weight excluding hydrogens is 452 g/mol. The van der Waals surface area contributed by atoms with Gasteiger partial charge in [-0.15, -0.1) is 0 Å². The van der Waals surface area contributed by atoms with Gasteiger partial charge in [-0.25, -0.2) is 4.98 Å². The molecule has 0 spiro atoms. The van der Waals surface area contributed by atoms with Gasteiger partial charge in [0.2, 0.25) is 0 Å². The molecule has 0 radical (unpaired) electrons. The molecule has 0 bridgehead atoms. The van der Waals surface area contributed by atoms with Crippen LogP contribution in [0.15, 0.2) is 48.7 Å². The van der Waals surface area contributed by atoms with E-state index in [2.05, 4.69) is 45.4 Å². The topological polar surface area (TPSA) is 53.4 Å². The maximum atomic E-state index is 11.3. The van der Waals surface area contributed by atoms with Crippen LogP contribution in [0.2, 0.25) is 23.2 Å². The van der Waals surface area contributed by atoms with Crippen LogP contribution in [-0.4, -0.2) is 24.2 Å². The Bertz CT molecular complexity index is 1120. The maximum absolute atomic E-state index is 11.3. The Kier molecular flexibility index (Phi) is 7.51. The summed E-state index contributed by atoms with van der Waals surface area (Å²) >= 11 is 6.05. The fourth-order valence-electron chi connectivity index (χ4n) is 3.36. The zero-order chi connectivity index (χ0) is 24.4. The molecule has 0 aliphatic heterocycles. The van der Waals surface area contributed by atoms with E-state index in [0.29, 0.717) is 22.1 Å². The first-order valence-electron chi connectivity index (χ1n) is 11.2. The number of aromatic nitrogens is 2. The van der Waals surface area contributed by atoms with Crippen LogP contribution in [0, 0.1) is 0 Å². The van der Waals surface area contributed by atoms with Gasteiger partial charge in [0.05, 0.1) is 17.5 Å². The minimum absolute atomic E-state index is 0.0446. The Morgan fingerprint density at radius 1 is 1.15 bits per heavy atom. The molecule has 0 aliphatic rings. The highest BCUT2D eigenvalue weighted by atomic mass is 35.5. The van der Waals surface area contributed by atoms with Gasteiger partial charge in [0.25, 0.3) is 0 Å². The van der Waals surface area contributed by atoms with Gasteiger partial charge in [-0.3, -0.25) is 4.79 Å². The highest BCUT2D eigenvalue weighted by Crippen LogP contribution is 2.40. The van der Waals surface area contributed by atoms with Gasteiger partial charge in [-0.1, -0.05) is 39.3 Å². The third-order valence-electron chi connectivity index (χ3n) is 6.41. The minimum atomic E-state index is -1.93.